The van der Waals surface area contributed by atoms with E-state index in [1.54, 1.807) is 0 Å². The first-order chi connectivity index (χ1) is 11.7. The van der Waals surface area contributed by atoms with Gasteiger partial charge in [0.2, 0.25) is 5.95 Å². The monoisotopic (exact) mass is 333 g/mol. The Balaban J connectivity index is 1.58. The minimum Gasteiger partial charge on any atom is -0.393 e. The third kappa shape index (κ3) is 3.86. The molecule has 0 saturated carbocycles. The predicted molar refractivity (Wildman–Crippen MR) is 95.1 cm³/mol. The molecule has 24 heavy (non-hydrogen) atoms. The smallest absolute Gasteiger partial charge is 0.245 e. The van der Waals surface area contributed by atoms with Crippen LogP contribution in [-0.4, -0.2) is 52.6 Å². The lowest BCUT2D eigenvalue weighted by molar-refractivity contribution is 0.0264. The SMILES string of the molecule is CCc1nnc(N2CCC(C(O)C3CCNCC3)CC2)nc1CC. The summed E-state index contributed by atoms with van der Waals surface area (Å²) in [5.41, 5.74) is 2.08. The van der Waals surface area contributed by atoms with Crippen molar-refractivity contribution in [3.8, 4) is 0 Å². The largest absolute Gasteiger partial charge is 0.393 e. The highest BCUT2D eigenvalue weighted by Gasteiger charge is 2.32. The first kappa shape index (κ1) is 17.5. The Bertz CT molecular complexity index is 524. The van der Waals surface area contributed by atoms with Crippen LogP contribution in [0.1, 0.15) is 50.9 Å². The zero-order valence-electron chi connectivity index (χ0n) is 15.0. The van der Waals surface area contributed by atoms with E-state index < -0.39 is 0 Å². The van der Waals surface area contributed by atoms with Gasteiger partial charge in [0.25, 0.3) is 0 Å². The van der Waals surface area contributed by atoms with Crippen molar-refractivity contribution in [3.05, 3.63) is 11.4 Å². The van der Waals surface area contributed by atoms with Crippen LogP contribution in [0.25, 0.3) is 0 Å². The number of aliphatic hydroxyl groups is 1. The summed E-state index contributed by atoms with van der Waals surface area (Å²) in [5.74, 6) is 1.65. The maximum Gasteiger partial charge on any atom is 0.245 e. The molecule has 1 unspecified atom stereocenters. The standard InChI is InChI=1S/C18H31N5O/c1-3-15-16(4-2)21-22-18(20-15)23-11-7-14(8-12-23)17(24)13-5-9-19-10-6-13/h13-14,17,19,24H,3-12H2,1-2H3. The average molecular weight is 333 g/mol. The molecule has 2 saturated heterocycles. The van der Waals surface area contributed by atoms with Crippen molar-refractivity contribution in [1.29, 1.82) is 0 Å². The van der Waals surface area contributed by atoms with E-state index in [1.165, 1.54) is 0 Å². The molecule has 6 nitrogen and oxygen atoms in total. The summed E-state index contributed by atoms with van der Waals surface area (Å²) in [6.45, 7) is 8.14. The normalized spacial score (nSPS) is 21.9. The van der Waals surface area contributed by atoms with Crippen LogP contribution in [0.4, 0.5) is 5.95 Å². The van der Waals surface area contributed by atoms with E-state index in [-0.39, 0.29) is 6.10 Å². The van der Waals surface area contributed by atoms with Gasteiger partial charge in [-0.1, -0.05) is 13.8 Å². The van der Waals surface area contributed by atoms with Crippen LogP contribution in [0.2, 0.25) is 0 Å². The van der Waals surface area contributed by atoms with Gasteiger partial charge in [0.15, 0.2) is 0 Å². The van der Waals surface area contributed by atoms with Crippen LogP contribution in [0.15, 0.2) is 0 Å². The highest BCUT2D eigenvalue weighted by atomic mass is 16.3. The van der Waals surface area contributed by atoms with Crippen LogP contribution in [0.3, 0.4) is 0 Å². The van der Waals surface area contributed by atoms with Crippen molar-refractivity contribution in [1.82, 2.24) is 20.5 Å². The van der Waals surface area contributed by atoms with E-state index >= 15 is 0 Å². The van der Waals surface area contributed by atoms with Crippen molar-refractivity contribution in [3.63, 3.8) is 0 Å². The van der Waals surface area contributed by atoms with E-state index in [1.807, 2.05) is 0 Å². The van der Waals surface area contributed by atoms with Gasteiger partial charge in [0.05, 0.1) is 17.5 Å². The Labute approximate surface area is 145 Å². The highest BCUT2D eigenvalue weighted by molar-refractivity contribution is 5.31. The maximum atomic E-state index is 10.7. The fraction of sp³-hybridized carbons (Fsp3) is 0.833. The molecular formula is C18H31N5O. The van der Waals surface area contributed by atoms with E-state index in [0.717, 1.165) is 82.0 Å². The molecular weight excluding hydrogens is 302 g/mol. The summed E-state index contributed by atoms with van der Waals surface area (Å²) in [4.78, 5) is 6.96. The number of nitrogens with zero attached hydrogens (tertiary/aromatic N) is 4. The number of anilines is 1. The second-order valence-corrected chi connectivity index (χ2v) is 7.11. The summed E-state index contributed by atoms with van der Waals surface area (Å²) in [6, 6.07) is 0. The summed E-state index contributed by atoms with van der Waals surface area (Å²) in [7, 11) is 0. The van der Waals surface area contributed by atoms with Crippen molar-refractivity contribution in [2.24, 2.45) is 11.8 Å². The highest BCUT2D eigenvalue weighted by Crippen LogP contribution is 2.30. The second-order valence-electron chi connectivity index (χ2n) is 7.11. The predicted octanol–water partition coefficient (Wildman–Crippen LogP) is 1.57. The molecule has 0 spiro atoms. The zero-order chi connectivity index (χ0) is 16.9. The minimum atomic E-state index is -0.151. The number of aryl methyl sites for hydroxylation is 2. The quantitative estimate of drug-likeness (QED) is 0.852. The number of nitrogens with one attached hydrogen (secondary N) is 1. The molecule has 3 rings (SSSR count). The molecule has 2 aliphatic heterocycles. The van der Waals surface area contributed by atoms with Crippen LogP contribution in [0.5, 0.6) is 0 Å². The van der Waals surface area contributed by atoms with Gasteiger partial charge >= 0.3 is 0 Å². The maximum absolute atomic E-state index is 10.7. The number of aromatic nitrogens is 3. The lowest BCUT2D eigenvalue weighted by Gasteiger charge is -2.38. The lowest BCUT2D eigenvalue weighted by Crippen LogP contribution is -2.43. The van der Waals surface area contributed by atoms with Crippen LogP contribution in [0, 0.1) is 11.8 Å². The topological polar surface area (TPSA) is 74.2 Å². The van der Waals surface area contributed by atoms with Crippen LogP contribution in [-0.2, 0) is 12.8 Å². The van der Waals surface area contributed by atoms with Crippen molar-refractivity contribution < 1.29 is 5.11 Å². The Kier molecular flexibility index (Phi) is 6.00. The third-order valence-corrected chi connectivity index (χ3v) is 5.67. The molecule has 2 aliphatic rings. The van der Waals surface area contributed by atoms with Gasteiger partial charge in [-0.3, -0.25) is 0 Å². The molecule has 1 aromatic heterocycles. The number of hydrogen-bond acceptors (Lipinski definition) is 6. The molecule has 2 N–H and O–H groups in total. The summed E-state index contributed by atoms with van der Waals surface area (Å²) in [6.07, 6.45) is 5.88. The molecule has 0 aliphatic carbocycles. The van der Waals surface area contributed by atoms with E-state index in [9.17, 15) is 5.11 Å². The van der Waals surface area contributed by atoms with Gasteiger partial charge in [-0.05, 0) is 63.5 Å². The number of hydrogen-bond donors (Lipinski definition) is 2. The second kappa shape index (κ2) is 8.21. The van der Waals surface area contributed by atoms with Gasteiger partial charge < -0.3 is 15.3 Å². The molecule has 2 fully saturated rings. The molecule has 1 aromatic rings. The van der Waals surface area contributed by atoms with Gasteiger partial charge in [-0.2, -0.15) is 5.10 Å². The van der Waals surface area contributed by atoms with E-state index in [2.05, 4.69) is 34.3 Å². The molecule has 0 radical (unpaired) electrons. The third-order valence-electron chi connectivity index (χ3n) is 5.67. The molecule has 3 heterocycles. The summed E-state index contributed by atoms with van der Waals surface area (Å²) in [5, 5.41) is 22.8. The molecule has 134 valence electrons. The van der Waals surface area contributed by atoms with Crippen molar-refractivity contribution in [2.75, 3.05) is 31.1 Å². The van der Waals surface area contributed by atoms with Gasteiger partial charge in [-0.15, -0.1) is 5.10 Å². The number of piperidine rings is 2. The number of rotatable bonds is 5. The summed E-state index contributed by atoms with van der Waals surface area (Å²) >= 11 is 0. The van der Waals surface area contributed by atoms with Gasteiger partial charge in [0.1, 0.15) is 0 Å². The Morgan fingerprint density at radius 2 is 1.62 bits per heavy atom. The minimum absolute atomic E-state index is 0.151. The van der Waals surface area contributed by atoms with Gasteiger partial charge in [0, 0.05) is 13.1 Å². The molecule has 0 amide bonds. The molecule has 0 bridgehead atoms. The average Bonchev–Trinajstić information content (AvgIpc) is 2.67. The first-order valence-corrected chi connectivity index (χ1v) is 9.59. The van der Waals surface area contributed by atoms with Crippen LogP contribution < -0.4 is 10.2 Å². The van der Waals surface area contributed by atoms with Gasteiger partial charge in [-0.25, -0.2) is 4.98 Å². The first-order valence-electron chi connectivity index (χ1n) is 9.59. The molecule has 6 heteroatoms. The fourth-order valence-corrected chi connectivity index (χ4v) is 4.07. The van der Waals surface area contributed by atoms with Crippen molar-refractivity contribution >= 4 is 5.95 Å². The van der Waals surface area contributed by atoms with Crippen LogP contribution >= 0.6 is 0 Å². The Morgan fingerprint density at radius 3 is 2.25 bits per heavy atom. The van der Waals surface area contributed by atoms with E-state index in [0.29, 0.717) is 11.8 Å². The Hall–Kier alpha value is -1.27. The number of aliphatic hydroxyl groups excluding tert-OH is 1. The Morgan fingerprint density at radius 1 is 1.00 bits per heavy atom. The van der Waals surface area contributed by atoms with E-state index in [4.69, 9.17) is 4.98 Å². The fourth-order valence-electron chi connectivity index (χ4n) is 4.07. The zero-order valence-corrected chi connectivity index (χ0v) is 15.0. The van der Waals surface area contributed by atoms with Crippen molar-refractivity contribution in [2.45, 2.75) is 58.5 Å². The lowest BCUT2D eigenvalue weighted by atomic mass is 9.80. The molecule has 0 aromatic carbocycles. The molecule has 1 atom stereocenters. The summed E-state index contributed by atoms with van der Waals surface area (Å²) < 4.78 is 0.